The van der Waals surface area contributed by atoms with Crippen molar-refractivity contribution in [2.75, 3.05) is 20.3 Å². The van der Waals surface area contributed by atoms with Crippen LogP contribution in [0.5, 0.6) is 11.5 Å². The molecule has 142 valence electrons. The van der Waals surface area contributed by atoms with Crippen LogP contribution in [0.15, 0.2) is 18.2 Å². The van der Waals surface area contributed by atoms with Crippen LogP contribution in [0.3, 0.4) is 0 Å². The number of carboxylic acids is 1. The Morgan fingerprint density at radius 3 is 2.85 bits per heavy atom. The lowest BCUT2D eigenvalue weighted by atomic mass is 10.0. The monoisotopic (exact) mass is 363 g/mol. The molecule has 1 saturated heterocycles. The van der Waals surface area contributed by atoms with Gasteiger partial charge in [-0.15, -0.1) is 0 Å². The van der Waals surface area contributed by atoms with Crippen LogP contribution >= 0.6 is 0 Å². The zero-order valence-corrected chi connectivity index (χ0v) is 15.4. The largest absolute Gasteiger partial charge is 0.483 e. The van der Waals surface area contributed by atoms with Crippen molar-refractivity contribution in [3.8, 4) is 11.5 Å². The highest BCUT2D eigenvalue weighted by molar-refractivity contribution is 5.79. The number of carboxylic acid groups (broad SMARTS) is 1. The van der Waals surface area contributed by atoms with Gasteiger partial charge in [0.2, 0.25) is 0 Å². The Morgan fingerprint density at radius 1 is 1.38 bits per heavy atom. The molecule has 1 amide bonds. The van der Waals surface area contributed by atoms with E-state index in [2.05, 4.69) is 0 Å². The van der Waals surface area contributed by atoms with E-state index < -0.39 is 5.97 Å². The summed E-state index contributed by atoms with van der Waals surface area (Å²) >= 11 is 0. The number of carbonyl (C=O) groups is 2. The predicted octanol–water partition coefficient (Wildman–Crippen LogP) is 1.87. The van der Waals surface area contributed by atoms with Crippen molar-refractivity contribution < 1.29 is 28.9 Å². The van der Waals surface area contributed by atoms with Crippen molar-refractivity contribution in [1.82, 2.24) is 4.90 Å². The van der Waals surface area contributed by atoms with Crippen molar-refractivity contribution in [2.24, 2.45) is 0 Å². The van der Waals surface area contributed by atoms with E-state index in [9.17, 15) is 9.59 Å². The maximum Gasteiger partial charge on any atom is 0.305 e. The molecule has 0 saturated carbocycles. The minimum Gasteiger partial charge on any atom is -0.483 e. The first-order chi connectivity index (χ1) is 12.3. The van der Waals surface area contributed by atoms with E-state index in [0.717, 1.165) is 12.0 Å². The lowest BCUT2D eigenvalue weighted by Gasteiger charge is -2.23. The van der Waals surface area contributed by atoms with Gasteiger partial charge in [-0.3, -0.25) is 9.59 Å². The molecule has 2 atom stereocenters. The van der Waals surface area contributed by atoms with Crippen molar-refractivity contribution >= 4 is 11.9 Å². The summed E-state index contributed by atoms with van der Waals surface area (Å²) in [6, 6.07) is 5.29. The van der Waals surface area contributed by atoms with Crippen LogP contribution in [0.25, 0.3) is 0 Å². The quantitative estimate of drug-likeness (QED) is 0.830. The van der Waals surface area contributed by atoms with E-state index in [4.69, 9.17) is 19.3 Å². The van der Waals surface area contributed by atoms with Gasteiger partial charge < -0.3 is 24.2 Å². The number of nitrogens with zero attached hydrogens (tertiary/aromatic N) is 1. The van der Waals surface area contributed by atoms with Gasteiger partial charge >= 0.3 is 5.97 Å². The van der Waals surface area contributed by atoms with Gasteiger partial charge in [0.1, 0.15) is 5.60 Å². The molecule has 7 heteroatoms. The van der Waals surface area contributed by atoms with Crippen molar-refractivity contribution in [3.63, 3.8) is 0 Å². The Bertz CT molecular complexity index is 701. The fraction of sp³-hybridized carbons (Fsp3) is 0.579. The van der Waals surface area contributed by atoms with Crippen molar-refractivity contribution in [1.29, 1.82) is 0 Å². The average Bonchev–Trinajstić information content (AvgIpc) is 3.11. The van der Waals surface area contributed by atoms with E-state index in [1.807, 2.05) is 26.0 Å². The van der Waals surface area contributed by atoms with Crippen molar-refractivity contribution in [3.05, 3.63) is 23.8 Å². The zero-order chi connectivity index (χ0) is 18.9. The molecular formula is C19H25NO6. The molecule has 1 aromatic carbocycles. The molecule has 1 fully saturated rings. The Hall–Kier alpha value is -2.28. The number of benzene rings is 1. The highest BCUT2D eigenvalue weighted by Crippen LogP contribution is 2.41. The molecule has 0 aliphatic carbocycles. The number of likely N-dealkylation sites (tertiary alicyclic amines) is 1. The highest BCUT2D eigenvalue weighted by atomic mass is 16.5. The second kappa shape index (κ2) is 7.15. The summed E-state index contributed by atoms with van der Waals surface area (Å²) in [5, 5.41) is 9.07. The van der Waals surface area contributed by atoms with E-state index in [0.29, 0.717) is 24.5 Å². The van der Waals surface area contributed by atoms with E-state index in [-0.39, 0.29) is 36.7 Å². The second-order valence-electron chi connectivity index (χ2n) is 7.46. The molecular weight excluding hydrogens is 338 g/mol. The molecule has 26 heavy (non-hydrogen) atoms. The number of fused-ring (bicyclic) bond motifs is 1. The molecule has 3 rings (SSSR count). The average molecular weight is 363 g/mol. The standard InChI is InChI=1S/C19H25NO6/c1-19(2)9-12-5-4-6-15(18(12)26-19)25-11-16(21)20-10-14(24-3)7-13(20)8-17(22)23/h4-6,13-14H,7-11H2,1-3H3,(H,22,23). The molecule has 2 aliphatic rings. The number of rotatable bonds is 6. The smallest absolute Gasteiger partial charge is 0.305 e. The second-order valence-corrected chi connectivity index (χ2v) is 7.46. The summed E-state index contributed by atoms with van der Waals surface area (Å²) in [5.41, 5.74) is 0.767. The van der Waals surface area contributed by atoms with Crippen LogP contribution in [0.2, 0.25) is 0 Å². The Kier molecular flexibility index (Phi) is 5.09. The Labute approximate surface area is 152 Å². The number of methoxy groups -OCH3 is 1. The van der Waals surface area contributed by atoms with Gasteiger partial charge in [0.25, 0.3) is 5.91 Å². The Morgan fingerprint density at radius 2 is 2.15 bits per heavy atom. The first-order valence-electron chi connectivity index (χ1n) is 8.77. The van der Waals surface area contributed by atoms with Crippen LogP contribution in [-0.2, 0) is 20.7 Å². The van der Waals surface area contributed by atoms with Gasteiger partial charge in [-0.05, 0) is 26.3 Å². The number of para-hydroxylation sites is 1. The summed E-state index contributed by atoms with van der Waals surface area (Å²) in [7, 11) is 1.57. The van der Waals surface area contributed by atoms with Crippen LogP contribution in [0, 0.1) is 0 Å². The minimum absolute atomic E-state index is 0.0936. The summed E-state index contributed by atoms with van der Waals surface area (Å²) in [6.07, 6.45) is 1.07. The summed E-state index contributed by atoms with van der Waals surface area (Å²) in [5.74, 6) is 0.0508. The SMILES string of the molecule is COC1CC(CC(=O)O)N(C(=O)COc2cccc3c2OC(C)(C)C3)C1. The van der Waals surface area contributed by atoms with Crippen molar-refractivity contribution in [2.45, 2.75) is 50.9 Å². The third-order valence-corrected chi connectivity index (χ3v) is 4.85. The summed E-state index contributed by atoms with van der Waals surface area (Å²) < 4.78 is 17.0. The number of aliphatic carboxylic acids is 1. The van der Waals surface area contributed by atoms with Crippen LogP contribution in [-0.4, -0.2) is 59.9 Å². The molecule has 0 spiro atoms. The first kappa shape index (κ1) is 18.5. The molecule has 0 bridgehead atoms. The lowest BCUT2D eigenvalue weighted by Crippen LogP contribution is -2.40. The van der Waals surface area contributed by atoms with Crippen LogP contribution in [0.1, 0.15) is 32.3 Å². The minimum atomic E-state index is -0.929. The van der Waals surface area contributed by atoms with Crippen LogP contribution in [0.4, 0.5) is 0 Å². The maximum absolute atomic E-state index is 12.6. The normalized spacial score (nSPS) is 23.4. The van der Waals surface area contributed by atoms with E-state index in [1.165, 1.54) is 0 Å². The van der Waals surface area contributed by atoms with Gasteiger partial charge in [0.05, 0.1) is 12.5 Å². The van der Waals surface area contributed by atoms with Gasteiger partial charge in [0, 0.05) is 31.7 Å². The first-order valence-corrected chi connectivity index (χ1v) is 8.77. The number of carbonyl (C=O) groups excluding carboxylic acids is 1. The fourth-order valence-corrected chi connectivity index (χ4v) is 3.67. The topological polar surface area (TPSA) is 85.3 Å². The third kappa shape index (κ3) is 3.93. The van der Waals surface area contributed by atoms with E-state index in [1.54, 1.807) is 18.1 Å². The summed E-state index contributed by atoms with van der Waals surface area (Å²) in [6.45, 7) is 4.24. The lowest BCUT2D eigenvalue weighted by molar-refractivity contribution is -0.140. The number of hydrogen-bond acceptors (Lipinski definition) is 5. The zero-order valence-electron chi connectivity index (χ0n) is 15.4. The Balaban J connectivity index is 1.66. The number of hydrogen-bond donors (Lipinski definition) is 1. The molecule has 0 radical (unpaired) electrons. The highest BCUT2D eigenvalue weighted by Gasteiger charge is 2.37. The van der Waals surface area contributed by atoms with E-state index >= 15 is 0 Å². The molecule has 2 heterocycles. The predicted molar refractivity (Wildman–Crippen MR) is 93.5 cm³/mol. The van der Waals surface area contributed by atoms with Gasteiger partial charge in [0.15, 0.2) is 18.1 Å². The summed E-state index contributed by atoms with van der Waals surface area (Å²) in [4.78, 5) is 25.2. The van der Waals surface area contributed by atoms with Gasteiger partial charge in [-0.1, -0.05) is 12.1 Å². The molecule has 0 aromatic heterocycles. The maximum atomic E-state index is 12.6. The molecule has 2 unspecified atom stereocenters. The van der Waals surface area contributed by atoms with Gasteiger partial charge in [-0.25, -0.2) is 0 Å². The molecule has 2 aliphatic heterocycles. The molecule has 7 nitrogen and oxygen atoms in total. The number of ether oxygens (including phenoxy) is 3. The molecule has 1 N–H and O–H groups in total. The van der Waals surface area contributed by atoms with Gasteiger partial charge in [-0.2, -0.15) is 0 Å². The molecule has 1 aromatic rings. The van der Waals surface area contributed by atoms with Crippen LogP contribution < -0.4 is 9.47 Å². The third-order valence-electron chi connectivity index (χ3n) is 4.85. The number of amides is 1. The fourth-order valence-electron chi connectivity index (χ4n) is 3.67.